The molecule has 1 aromatic rings. The Bertz CT molecular complexity index is 630. The molecule has 1 aromatic carbocycles. The Kier molecular flexibility index (Phi) is 8.38. The van der Waals surface area contributed by atoms with E-state index in [0.29, 0.717) is 6.61 Å². The summed E-state index contributed by atoms with van der Waals surface area (Å²) < 4.78 is 51.7. The predicted octanol–water partition coefficient (Wildman–Crippen LogP) is 1.69. The molecule has 0 saturated carbocycles. The first-order chi connectivity index (χ1) is 10.9. The van der Waals surface area contributed by atoms with Crippen molar-refractivity contribution >= 4 is 22.4 Å². The number of hydrogen-bond donors (Lipinski definition) is 2. The van der Waals surface area contributed by atoms with Crippen LogP contribution < -0.4 is 14.8 Å². The summed E-state index contributed by atoms with van der Waals surface area (Å²) in [5.74, 6) is -0.508. The number of nitrogens with one attached hydrogen (secondary N) is 2. The van der Waals surface area contributed by atoms with Crippen LogP contribution in [-0.4, -0.2) is 47.4 Å². The second-order valence-electron chi connectivity index (χ2n) is 5.55. The van der Waals surface area contributed by atoms with Gasteiger partial charge in [-0.3, -0.25) is 0 Å². The fourth-order valence-corrected chi connectivity index (χ4v) is 4.02. The second-order valence-corrected chi connectivity index (χ2v) is 7.23. The summed E-state index contributed by atoms with van der Waals surface area (Å²) in [6, 6.07) is 3.26. The number of piperidine rings is 1. The SMILES string of the molecule is COCCOc1ccc(F)cc1S(=O)(=O)NC1CCCNC1C.Cl. The molecule has 0 amide bonds. The first kappa shape index (κ1) is 21.1. The minimum Gasteiger partial charge on any atom is -0.490 e. The standard InChI is InChI=1S/C15H23FN2O4S.ClH/c1-11-13(4-3-7-17-11)18-23(19,20)15-10-12(16)5-6-14(15)22-9-8-21-2;/h5-6,10-11,13,17-18H,3-4,7-9H2,1-2H3;1H. The molecule has 2 rings (SSSR count). The van der Waals surface area contributed by atoms with E-state index in [1.807, 2.05) is 6.92 Å². The molecule has 0 bridgehead atoms. The van der Waals surface area contributed by atoms with E-state index in [1.165, 1.54) is 19.2 Å². The van der Waals surface area contributed by atoms with Crippen molar-refractivity contribution in [3.05, 3.63) is 24.0 Å². The summed E-state index contributed by atoms with van der Waals surface area (Å²) in [5.41, 5.74) is 0. The summed E-state index contributed by atoms with van der Waals surface area (Å²) in [5, 5.41) is 3.23. The summed E-state index contributed by atoms with van der Waals surface area (Å²) in [6.45, 7) is 3.29. The van der Waals surface area contributed by atoms with Crippen molar-refractivity contribution in [3.63, 3.8) is 0 Å². The van der Waals surface area contributed by atoms with Crippen molar-refractivity contribution < 1.29 is 22.3 Å². The molecule has 2 atom stereocenters. The monoisotopic (exact) mass is 382 g/mol. The van der Waals surface area contributed by atoms with Crippen molar-refractivity contribution in [2.45, 2.75) is 36.7 Å². The number of hydrogen-bond acceptors (Lipinski definition) is 5. The van der Waals surface area contributed by atoms with Gasteiger partial charge in [-0.2, -0.15) is 0 Å². The molecule has 0 aliphatic carbocycles. The smallest absolute Gasteiger partial charge is 0.244 e. The van der Waals surface area contributed by atoms with Gasteiger partial charge in [0.05, 0.1) is 6.61 Å². The van der Waals surface area contributed by atoms with Crippen molar-refractivity contribution in [3.8, 4) is 5.75 Å². The van der Waals surface area contributed by atoms with Gasteiger partial charge in [0.15, 0.2) is 0 Å². The van der Waals surface area contributed by atoms with E-state index < -0.39 is 15.8 Å². The van der Waals surface area contributed by atoms with Crippen LogP contribution in [0.15, 0.2) is 23.1 Å². The van der Waals surface area contributed by atoms with Crippen molar-refractivity contribution in [2.24, 2.45) is 0 Å². The maximum Gasteiger partial charge on any atom is 0.244 e. The number of rotatable bonds is 7. The van der Waals surface area contributed by atoms with Gasteiger partial charge in [-0.05, 0) is 44.5 Å². The van der Waals surface area contributed by atoms with Crippen LogP contribution in [0.5, 0.6) is 5.75 Å². The summed E-state index contributed by atoms with van der Waals surface area (Å²) in [6.07, 6.45) is 1.63. The van der Waals surface area contributed by atoms with Gasteiger partial charge in [-0.25, -0.2) is 17.5 Å². The molecule has 1 aliphatic rings. The number of benzene rings is 1. The number of ether oxygens (including phenoxy) is 2. The lowest BCUT2D eigenvalue weighted by molar-refractivity contribution is 0.144. The Labute approximate surface area is 148 Å². The predicted molar refractivity (Wildman–Crippen MR) is 91.8 cm³/mol. The Balaban J connectivity index is 0.00000288. The number of methoxy groups -OCH3 is 1. The maximum atomic E-state index is 13.5. The van der Waals surface area contributed by atoms with Gasteiger partial charge < -0.3 is 14.8 Å². The van der Waals surface area contributed by atoms with Gasteiger partial charge in [0, 0.05) is 19.2 Å². The maximum absolute atomic E-state index is 13.5. The lowest BCUT2D eigenvalue weighted by atomic mass is 10.0. The molecule has 2 N–H and O–H groups in total. The third-order valence-electron chi connectivity index (χ3n) is 3.81. The molecule has 0 radical (unpaired) electrons. The van der Waals surface area contributed by atoms with Gasteiger partial charge in [0.25, 0.3) is 0 Å². The van der Waals surface area contributed by atoms with Crippen LogP contribution in [0.4, 0.5) is 4.39 Å². The molecule has 0 aromatic heterocycles. The minimum atomic E-state index is -3.88. The third kappa shape index (κ3) is 5.56. The molecule has 1 heterocycles. The molecule has 0 spiro atoms. The number of sulfonamides is 1. The summed E-state index contributed by atoms with van der Waals surface area (Å²) in [7, 11) is -2.36. The molecular weight excluding hydrogens is 359 g/mol. The Hall–Kier alpha value is -0.930. The molecule has 2 unspecified atom stereocenters. The van der Waals surface area contributed by atoms with Crippen LogP contribution in [-0.2, 0) is 14.8 Å². The highest BCUT2D eigenvalue weighted by Gasteiger charge is 2.28. The fourth-order valence-electron chi connectivity index (χ4n) is 2.51. The highest BCUT2D eigenvalue weighted by atomic mass is 35.5. The summed E-state index contributed by atoms with van der Waals surface area (Å²) >= 11 is 0. The van der Waals surface area contributed by atoms with Crippen molar-refractivity contribution in [1.82, 2.24) is 10.0 Å². The van der Waals surface area contributed by atoms with E-state index >= 15 is 0 Å². The highest BCUT2D eigenvalue weighted by Crippen LogP contribution is 2.25. The van der Waals surface area contributed by atoms with E-state index in [-0.39, 0.29) is 41.7 Å². The van der Waals surface area contributed by atoms with Crippen LogP contribution in [0.1, 0.15) is 19.8 Å². The van der Waals surface area contributed by atoms with Gasteiger partial charge in [0.2, 0.25) is 10.0 Å². The van der Waals surface area contributed by atoms with Crippen LogP contribution >= 0.6 is 12.4 Å². The minimum absolute atomic E-state index is 0. The molecule has 1 aliphatic heterocycles. The van der Waals surface area contributed by atoms with Gasteiger partial charge in [-0.15, -0.1) is 12.4 Å². The lowest BCUT2D eigenvalue weighted by Crippen LogP contribution is -2.51. The second kappa shape index (κ2) is 9.53. The van der Waals surface area contributed by atoms with Crippen LogP contribution in [0.2, 0.25) is 0 Å². The molecule has 24 heavy (non-hydrogen) atoms. The van der Waals surface area contributed by atoms with E-state index in [1.54, 1.807) is 0 Å². The zero-order valence-electron chi connectivity index (χ0n) is 13.7. The van der Waals surface area contributed by atoms with Crippen LogP contribution in [0.3, 0.4) is 0 Å². The Morgan fingerprint density at radius 3 is 2.79 bits per heavy atom. The lowest BCUT2D eigenvalue weighted by Gasteiger charge is -2.30. The fraction of sp³-hybridized carbons (Fsp3) is 0.600. The Morgan fingerprint density at radius 2 is 2.12 bits per heavy atom. The first-order valence-electron chi connectivity index (χ1n) is 7.61. The average molecular weight is 383 g/mol. The molecule has 1 fully saturated rings. The van der Waals surface area contributed by atoms with Gasteiger partial charge >= 0.3 is 0 Å². The normalized spacial score (nSPS) is 21.1. The summed E-state index contributed by atoms with van der Waals surface area (Å²) in [4.78, 5) is -0.189. The van der Waals surface area contributed by atoms with Crippen LogP contribution in [0, 0.1) is 5.82 Å². The van der Waals surface area contributed by atoms with Crippen molar-refractivity contribution in [1.29, 1.82) is 0 Å². The number of halogens is 2. The van der Waals surface area contributed by atoms with E-state index in [2.05, 4.69) is 10.0 Å². The zero-order chi connectivity index (χ0) is 16.9. The van der Waals surface area contributed by atoms with Gasteiger partial charge in [-0.1, -0.05) is 0 Å². The zero-order valence-corrected chi connectivity index (χ0v) is 15.4. The molecule has 6 nitrogen and oxygen atoms in total. The first-order valence-corrected chi connectivity index (χ1v) is 9.09. The molecular formula is C15H24ClFN2O4S. The average Bonchev–Trinajstić information content (AvgIpc) is 2.51. The van der Waals surface area contributed by atoms with Crippen molar-refractivity contribution in [2.75, 3.05) is 26.9 Å². The van der Waals surface area contributed by atoms with Crippen LogP contribution in [0.25, 0.3) is 0 Å². The van der Waals surface area contributed by atoms with E-state index in [9.17, 15) is 12.8 Å². The third-order valence-corrected chi connectivity index (χ3v) is 5.32. The Morgan fingerprint density at radius 1 is 1.38 bits per heavy atom. The topological polar surface area (TPSA) is 76.7 Å². The largest absolute Gasteiger partial charge is 0.490 e. The molecule has 138 valence electrons. The molecule has 1 saturated heterocycles. The van der Waals surface area contributed by atoms with E-state index in [4.69, 9.17) is 9.47 Å². The van der Waals surface area contributed by atoms with Gasteiger partial charge in [0.1, 0.15) is 23.1 Å². The quantitative estimate of drug-likeness (QED) is 0.702. The highest BCUT2D eigenvalue weighted by molar-refractivity contribution is 7.89. The molecule has 9 heteroatoms. The van der Waals surface area contributed by atoms with E-state index in [0.717, 1.165) is 25.5 Å².